The van der Waals surface area contributed by atoms with Crippen LogP contribution in [0.1, 0.15) is 25.6 Å². The number of allylic oxidation sites excluding steroid dienone is 4. The van der Waals surface area contributed by atoms with Crippen LogP contribution in [-0.2, 0) is 0 Å². The largest absolute Gasteiger partial charge is 0.507 e. The Morgan fingerprint density at radius 3 is 2.93 bits per heavy atom. The number of anilines is 1. The third-order valence-corrected chi connectivity index (χ3v) is 6.03. The van der Waals surface area contributed by atoms with Gasteiger partial charge in [0.25, 0.3) is 0 Å². The van der Waals surface area contributed by atoms with Gasteiger partial charge < -0.3 is 26.0 Å². The van der Waals surface area contributed by atoms with E-state index in [1.165, 1.54) is 24.6 Å². The number of aliphatic hydroxyl groups excluding tert-OH is 1. The highest BCUT2D eigenvalue weighted by Gasteiger charge is 2.47. The van der Waals surface area contributed by atoms with Crippen molar-refractivity contribution in [3.05, 3.63) is 59.9 Å². The molecule has 2 heterocycles. The smallest absolute Gasteiger partial charge is 0.163 e. The summed E-state index contributed by atoms with van der Waals surface area (Å²) in [4.78, 5) is 11.7. The summed E-state index contributed by atoms with van der Waals surface area (Å²) >= 11 is 0. The number of aromatic nitrogens is 2. The highest BCUT2D eigenvalue weighted by molar-refractivity contribution is 6.13. The first-order valence-corrected chi connectivity index (χ1v) is 10.4. The summed E-state index contributed by atoms with van der Waals surface area (Å²) in [6.07, 6.45) is 9.20. The van der Waals surface area contributed by atoms with Crippen molar-refractivity contribution < 1.29 is 5.11 Å². The number of aliphatic hydroxyl groups is 1. The zero-order valence-corrected chi connectivity index (χ0v) is 17.2. The van der Waals surface area contributed by atoms with Gasteiger partial charge in [-0.15, -0.1) is 0 Å². The van der Waals surface area contributed by atoms with Crippen LogP contribution in [0, 0.1) is 5.41 Å². The first-order chi connectivity index (χ1) is 14.5. The van der Waals surface area contributed by atoms with E-state index in [1.807, 2.05) is 12.3 Å². The lowest BCUT2D eigenvalue weighted by molar-refractivity contribution is 0.372. The molecule has 3 aliphatic rings. The molecule has 1 saturated heterocycles. The fourth-order valence-corrected chi connectivity index (χ4v) is 4.43. The maximum atomic E-state index is 10.4. The predicted molar refractivity (Wildman–Crippen MR) is 120 cm³/mol. The van der Waals surface area contributed by atoms with E-state index >= 15 is 0 Å². The second-order valence-corrected chi connectivity index (χ2v) is 8.53. The quantitative estimate of drug-likeness (QED) is 0.630. The van der Waals surface area contributed by atoms with E-state index in [2.05, 4.69) is 44.6 Å². The standard InChI is InChI=1S/C23H26N6O/c1-14-12-29(13-23(28-14)5-6-23)17-3-4-20-16(7-17)11-26-22(27-20)18-8-15(10-25-2)19(24)9-21(18)30/h3-4,7-11,14,24-25,28,30H,5-6,12-13H2,1-2H3/b15-10-,24-19?. The Hall–Kier alpha value is -3.19. The molecule has 1 aromatic heterocycles. The summed E-state index contributed by atoms with van der Waals surface area (Å²) in [5.74, 6) is 0.458. The number of hydrogen-bond acceptors (Lipinski definition) is 7. The van der Waals surface area contributed by atoms with Crippen LogP contribution in [0.15, 0.2) is 54.1 Å². The molecule has 1 saturated carbocycles. The minimum atomic E-state index is 0.00811. The van der Waals surface area contributed by atoms with Gasteiger partial charge in [-0.05, 0) is 44.0 Å². The molecule has 0 bridgehead atoms. The third kappa shape index (κ3) is 3.35. The van der Waals surface area contributed by atoms with Crippen LogP contribution in [0.4, 0.5) is 5.69 Å². The van der Waals surface area contributed by atoms with E-state index < -0.39 is 0 Å². The zero-order chi connectivity index (χ0) is 20.9. The van der Waals surface area contributed by atoms with Crippen molar-refractivity contribution in [1.29, 1.82) is 5.41 Å². The Kier molecular flexibility index (Phi) is 4.36. The molecule has 1 atom stereocenters. The van der Waals surface area contributed by atoms with Crippen molar-refractivity contribution in [2.75, 3.05) is 25.0 Å². The summed E-state index contributed by atoms with van der Waals surface area (Å²) in [5.41, 5.74) is 3.77. The number of nitrogens with zero attached hydrogens (tertiary/aromatic N) is 3. The number of nitrogens with one attached hydrogen (secondary N) is 3. The van der Waals surface area contributed by atoms with Crippen LogP contribution in [0.25, 0.3) is 16.5 Å². The molecule has 2 aliphatic carbocycles. The Bertz CT molecular complexity index is 1130. The maximum Gasteiger partial charge on any atom is 0.163 e. The lowest BCUT2D eigenvalue weighted by Crippen LogP contribution is -2.57. The average molecular weight is 403 g/mol. The molecule has 1 aliphatic heterocycles. The molecule has 0 amide bonds. The summed E-state index contributed by atoms with van der Waals surface area (Å²) in [7, 11) is 1.78. The van der Waals surface area contributed by atoms with Gasteiger partial charge in [-0.2, -0.15) is 0 Å². The van der Waals surface area contributed by atoms with Crippen molar-refractivity contribution in [3.8, 4) is 0 Å². The summed E-state index contributed by atoms with van der Waals surface area (Å²) in [6.45, 7) is 4.28. The Morgan fingerprint density at radius 1 is 1.33 bits per heavy atom. The van der Waals surface area contributed by atoms with E-state index in [4.69, 9.17) is 5.41 Å². The van der Waals surface area contributed by atoms with Crippen LogP contribution in [0.2, 0.25) is 0 Å². The molecule has 2 fully saturated rings. The number of rotatable bonds is 3. The number of piperazine rings is 1. The van der Waals surface area contributed by atoms with Crippen LogP contribution >= 0.6 is 0 Å². The van der Waals surface area contributed by atoms with Crippen LogP contribution in [0.5, 0.6) is 0 Å². The zero-order valence-electron chi connectivity index (χ0n) is 17.2. The van der Waals surface area contributed by atoms with Crippen molar-refractivity contribution in [2.45, 2.75) is 31.3 Å². The number of hydrogen-bond donors (Lipinski definition) is 4. The second-order valence-electron chi connectivity index (χ2n) is 8.53. The van der Waals surface area contributed by atoms with Gasteiger partial charge in [-0.25, -0.2) is 9.97 Å². The lowest BCUT2D eigenvalue weighted by atomic mass is 9.98. The van der Waals surface area contributed by atoms with E-state index in [1.54, 1.807) is 19.3 Å². The van der Waals surface area contributed by atoms with Gasteiger partial charge in [0, 0.05) is 66.8 Å². The third-order valence-electron chi connectivity index (χ3n) is 6.03. The number of benzene rings is 1. The fraction of sp³-hybridized carbons (Fsp3) is 0.348. The fourth-order valence-electron chi connectivity index (χ4n) is 4.43. The molecule has 5 rings (SSSR count). The molecule has 0 radical (unpaired) electrons. The lowest BCUT2D eigenvalue weighted by Gasteiger charge is -2.39. The second kappa shape index (κ2) is 6.95. The molecule has 1 spiro atoms. The first kappa shape index (κ1) is 18.8. The van der Waals surface area contributed by atoms with Crippen molar-refractivity contribution in [2.24, 2.45) is 0 Å². The topological polar surface area (TPSA) is 97.2 Å². The molecule has 30 heavy (non-hydrogen) atoms. The Balaban J connectivity index is 1.47. The first-order valence-electron chi connectivity index (χ1n) is 10.4. The van der Waals surface area contributed by atoms with Crippen molar-refractivity contribution >= 4 is 27.9 Å². The van der Waals surface area contributed by atoms with Gasteiger partial charge in [0.05, 0.1) is 16.8 Å². The average Bonchev–Trinajstić information content (AvgIpc) is 3.46. The maximum absolute atomic E-state index is 10.4. The normalized spacial score (nSPS) is 24.2. The molecule has 2 aromatic rings. The van der Waals surface area contributed by atoms with Gasteiger partial charge in [-0.3, -0.25) is 0 Å². The van der Waals surface area contributed by atoms with Crippen LogP contribution < -0.4 is 15.5 Å². The van der Waals surface area contributed by atoms with E-state index in [-0.39, 0.29) is 11.5 Å². The van der Waals surface area contributed by atoms with Gasteiger partial charge in [0.1, 0.15) is 5.76 Å². The minimum absolute atomic E-state index is 0.00811. The van der Waals surface area contributed by atoms with Gasteiger partial charge >= 0.3 is 0 Å². The minimum Gasteiger partial charge on any atom is -0.507 e. The highest BCUT2D eigenvalue weighted by Crippen LogP contribution is 2.40. The van der Waals surface area contributed by atoms with Crippen LogP contribution in [-0.4, -0.2) is 52.5 Å². The Morgan fingerprint density at radius 2 is 2.17 bits per heavy atom. The summed E-state index contributed by atoms with van der Waals surface area (Å²) in [5, 5.41) is 26.0. The number of fused-ring (bicyclic) bond motifs is 1. The van der Waals surface area contributed by atoms with Crippen LogP contribution in [0.3, 0.4) is 0 Å². The van der Waals surface area contributed by atoms with E-state index in [0.717, 1.165) is 24.0 Å². The Labute approximate surface area is 175 Å². The van der Waals surface area contributed by atoms with Crippen molar-refractivity contribution in [1.82, 2.24) is 20.6 Å². The van der Waals surface area contributed by atoms with Crippen molar-refractivity contribution in [3.63, 3.8) is 0 Å². The monoisotopic (exact) mass is 402 g/mol. The van der Waals surface area contributed by atoms with E-state index in [0.29, 0.717) is 28.6 Å². The molecule has 154 valence electrons. The summed E-state index contributed by atoms with van der Waals surface area (Å²) in [6, 6.07) is 6.78. The summed E-state index contributed by atoms with van der Waals surface area (Å²) < 4.78 is 0. The van der Waals surface area contributed by atoms with E-state index in [9.17, 15) is 5.11 Å². The van der Waals surface area contributed by atoms with Gasteiger partial charge in [-0.1, -0.05) is 0 Å². The predicted octanol–water partition coefficient (Wildman–Crippen LogP) is 2.92. The van der Waals surface area contributed by atoms with Gasteiger partial charge in [0.15, 0.2) is 5.82 Å². The molecule has 7 heteroatoms. The molecular formula is C23H26N6O. The highest BCUT2D eigenvalue weighted by atomic mass is 16.3. The molecule has 4 N–H and O–H groups in total. The molecular weight excluding hydrogens is 376 g/mol. The molecule has 7 nitrogen and oxygen atoms in total. The molecule has 1 aromatic carbocycles. The molecule has 1 unspecified atom stereocenters. The SMILES string of the molecule is CN/C=C1/C=C(c2ncc3cc(N4CC(C)NC5(CC5)C4)ccc3n2)C(O)=CC1=N. The van der Waals surface area contributed by atoms with Gasteiger partial charge in [0.2, 0.25) is 0 Å².